The summed E-state index contributed by atoms with van der Waals surface area (Å²) in [6.45, 7) is 4.92. The minimum atomic E-state index is -1.85. The van der Waals surface area contributed by atoms with E-state index >= 15 is 0 Å². The molecule has 0 bridgehead atoms. The van der Waals surface area contributed by atoms with Crippen molar-refractivity contribution in [3.05, 3.63) is 0 Å². The summed E-state index contributed by atoms with van der Waals surface area (Å²) in [6.07, 6.45) is -1.32. The Kier molecular flexibility index (Phi) is 9.93. The van der Waals surface area contributed by atoms with Crippen LogP contribution in [-0.4, -0.2) is 67.0 Å². The molecule has 0 aliphatic carbocycles. The van der Waals surface area contributed by atoms with Crippen molar-refractivity contribution in [2.24, 2.45) is 5.41 Å². The van der Waals surface area contributed by atoms with Gasteiger partial charge in [0, 0.05) is 19.4 Å². The average molecular weight is 428 g/mol. The van der Waals surface area contributed by atoms with Crippen molar-refractivity contribution < 1.29 is 43.0 Å². The third-order valence-corrected chi connectivity index (χ3v) is 4.52. The van der Waals surface area contributed by atoms with E-state index in [1.165, 1.54) is 0 Å². The van der Waals surface area contributed by atoms with Crippen LogP contribution in [0.3, 0.4) is 0 Å². The highest BCUT2D eigenvalue weighted by atomic mass is 16.5. The molecule has 1 rings (SSSR count). The second-order valence-corrected chi connectivity index (χ2v) is 6.46. The van der Waals surface area contributed by atoms with Gasteiger partial charge in [-0.2, -0.15) is 0 Å². The van der Waals surface area contributed by atoms with Gasteiger partial charge in [-0.1, -0.05) is 0 Å². The quantitative estimate of drug-likeness (QED) is 0.269. The van der Waals surface area contributed by atoms with Gasteiger partial charge >= 0.3 is 23.9 Å². The Labute approximate surface area is 174 Å². The van der Waals surface area contributed by atoms with E-state index in [1.54, 1.807) is 20.8 Å². The van der Waals surface area contributed by atoms with Gasteiger partial charge in [0.15, 0.2) is 0 Å². The molecule has 1 fully saturated rings. The smallest absolute Gasteiger partial charge is 0.330 e. The van der Waals surface area contributed by atoms with Gasteiger partial charge in [-0.05, 0) is 33.6 Å². The van der Waals surface area contributed by atoms with Crippen LogP contribution < -0.4 is 5.32 Å². The zero-order valence-corrected chi connectivity index (χ0v) is 17.5. The number of ether oxygens (including phenoxy) is 3. The van der Waals surface area contributed by atoms with Crippen LogP contribution in [0.5, 0.6) is 0 Å². The highest BCUT2D eigenvalue weighted by molar-refractivity contribution is 6.19. The van der Waals surface area contributed by atoms with Gasteiger partial charge in [0.2, 0.25) is 11.8 Å². The van der Waals surface area contributed by atoms with E-state index in [0.717, 1.165) is 4.90 Å². The molecule has 0 aromatic rings. The number of urea groups is 1. The molecule has 4 amide bonds. The van der Waals surface area contributed by atoms with E-state index in [9.17, 15) is 28.8 Å². The SMILES string of the molecule is CCOC(=O)CCN1C(=O)NC(=O)C(CCC(=O)OCC)(CCC(=O)OCC)C1=O. The molecule has 0 atom stereocenters. The first-order valence-corrected chi connectivity index (χ1v) is 9.86. The first-order chi connectivity index (χ1) is 14.2. The van der Waals surface area contributed by atoms with Gasteiger partial charge < -0.3 is 14.2 Å². The van der Waals surface area contributed by atoms with Crippen molar-refractivity contribution in [2.75, 3.05) is 26.4 Å². The fourth-order valence-electron chi connectivity index (χ4n) is 3.03. The first kappa shape index (κ1) is 25.1. The van der Waals surface area contributed by atoms with Gasteiger partial charge in [0.05, 0.1) is 26.2 Å². The molecule has 1 aliphatic rings. The number of hydrogen-bond acceptors (Lipinski definition) is 9. The number of carbonyl (C=O) groups excluding carboxylic acids is 6. The normalized spacial score (nSPS) is 15.4. The van der Waals surface area contributed by atoms with Gasteiger partial charge in [-0.15, -0.1) is 0 Å². The molecule has 11 heteroatoms. The Hall–Kier alpha value is -2.98. The number of hydrogen-bond donors (Lipinski definition) is 1. The van der Waals surface area contributed by atoms with E-state index < -0.39 is 41.2 Å². The zero-order chi connectivity index (χ0) is 22.7. The topological polar surface area (TPSA) is 145 Å². The maximum Gasteiger partial charge on any atom is 0.330 e. The van der Waals surface area contributed by atoms with E-state index in [2.05, 4.69) is 5.32 Å². The molecule has 1 aliphatic heterocycles. The van der Waals surface area contributed by atoms with E-state index in [-0.39, 0.29) is 58.5 Å². The van der Waals surface area contributed by atoms with Crippen LogP contribution in [-0.2, 0) is 38.2 Å². The second-order valence-electron chi connectivity index (χ2n) is 6.46. The van der Waals surface area contributed by atoms with E-state index in [0.29, 0.717) is 0 Å². The Morgan fingerprint density at radius 3 is 1.67 bits per heavy atom. The van der Waals surface area contributed by atoms with E-state index in [1.807, 2.05) is 0 Å². The van der Waals surface area contributed by atoms with Crippen LogP contribution in [0.2, 0.25) is 0 Å². The van der Waals surface area contributed by atoms with Crippen LogP contribution in [0.1, 0.15) is 52.9 Å². The summed E-state index contributed by atoms with van der Waals surface area (Å²) < 4.78 is 14.5. The lowest BCUT2D eigenvalue weighted by Gasteiger charge is -2.39. The molecular formula is C19H28N2O9. The molecule has 0 aromatic heterocycles. The molecule has 0 unspecified atom stereocenters. The van der Waals surface area contributed by atoms with Gasteiger partial charge in [0.25, 0.3) is 0 Å². The van der Waals surface area contributed by atoms with Crippen molar-refractivity contribution >= 4 is 35.8 Å². The molecule has 0 radical (unpaired) electrons. The molecule has 1 N–H and O–H groups in total. The molecular weight excluding hydrogens is 400 g/mol. The summed E-state index contributed by atoms with van der Waals surface area (Å²) in [5, 5.41) is 2.09. The van der Waals surface area contributed by atoms with Crippen molar-refractivity contribution in [1.29, 1.82) is 0 Å². The first-order valence-electron chi connectivity index (χ1n) is 9.86. The highest BCUT2D eigenvalue weighted by Gasteiger charge is 2.53. The Balaban J connectivity index is 3.09. The highest BCUT2D eigenvalue weighted by Crippen LogP contribution is 2.36. The molecule has 1 heterocycles. The molecule has 0 saturated carbocycles. The minimum absolute atomic E-state index is 0.124. The number of carbonyl (C=O) groups is 6. The van der Waals surface area contributed by atoms with Crippen LogP contribution in [0.15, 0.2) is 0 Å². The Morgan fingerprint density at radius 2 is 1.23 bits per heavy atom. The number of nitrogens with zero attached hydrogens (tertiary/aromatic N) is 1. The van der Waals surface area contributed by atoms with Crippen LogP contribution in [0.25, 0.3) is 0 Å². The minimum Gasteiger partial charge on any atom is -0.466 e. The summed E-state index contributed by atoms with van der Waals surface area (Å²) in [4.78, 5) is 74.0. The Morgan fingerprint density at radius 1 is 0.800 bits per heavy atom. The van der Waals surface area contributed by atoms with Crippen molar-refractivity contribution in [2.45, 2.75) is 52.9 Å². The predicted molar refractivity (Wildman–Crippen MR) is 101 cm³/mol. The molecule has 0 aromatic carbocycles. The molecule has 11 nitrogen and oxygen atoms in total. The summed E-state index contributed by atoms with van der Waals surface area (Å²) in [5.74, 6) is -3.64. The molecule has 168 valence electrons. The van der Waals surface area contributed by atoms with Crippen molar-refractivity contribution in [3.63, 3.8) is 0 Å². The Bertz CT molecular complexity index is 667. The molecule has 0 spiro atoms. The van der Waals surface area contributed by atoms with Crippen LogP contribution in [0.4, 0.5) is 4.79 Å². The third-order valence-electron chi connectivity index (χ3n) is 4.52. The lowest BCUT2D eigenvalue weighted by Crippen LogP contribution is -2.64. The molecule has 1 saturated heterocycles. The van der Waals surface area contributed by atoms with Gasteiger partial charge in [-0.3, -0.25) is 34.2 Å². The fourth-order valence-corrected chi connectivity index (χ4v) is 3.03. The summed E-state index contributed by atoms with van der Waals surface area (Å²) in [7, 11) is 0. The van der Waals surface area contributed by atoms with Crippen molar-refractivity contribution in [3.8, 4) is 0 Å². The van der Waals surface area contributed by atoms with Crippen molar-refractivity contribution in [1.82, 2.24) is 10.2 Å². The maximum absolute atomic E-state index is 13.2. The maximum atomic E-state index is 13.2. The van der Waals surface area contributed by atoms with Crippen LogP contribution in [0, 0.1) is 5.41 Å². The lowest BCUT2D eigenvalue weighted by molar-refractivity contribution is -0.155. The van der Waals surface area contributed by atoms with Gasteiger partial charge in [0.1, 0.15) is 5.41 Å². The summed E-state index contributed by atoms with van der Waals surface area (Å²) >= 11 is 0. The summed E-state index contributed by atoms with van der Waals surface area (Å²) in [6, 6.07) is -0.975. The summed E-state index contributed by atoms with van der Waals surface area (Å²) in [5.41, 5.74) is -1.85. The zero-order valence-electron chi connectivity index (χ0n) is 17.5. The lowest BCUT2D eigenvalue weighted by atomic mass is 9.75. The second kappa shape index (κ2) is 11.9. The number of imide groups is 2. The van der Waals surface area contributed by atoms with Gasteiger partial charge in [-0.25, -0.2) is 4.79 Å². The third kappa shape index (κ3) is 6.53. The standard InChI is InChI=1S/C19H28N2O9/c1-4-28-13(22)7-10-19(11-8-14(23)29-5-2)16(25)20-18(27)21(17(19)26)12-9-15(24)30-6-3/h4-12H2,1-3H3,(H,20,25,27). The number of amides is 4. The monoisotopic (exact) mass is 428 g/mol. The number of barbiturate groups is 1. The predicted octanol–water partition coefficient (Wildman–Crippen LogP) is 0.691. The largest absolute Gasteiger partial charge is 0.466 e. The number of rotatable bonds is 12. The number of nitrogens with one attached hydrogen (secondary N) is 1. The fraction of sp³-hybridized carbons (Fsp3) is 0.684. The average Bonchev–Trinajstić information content (AvgIpc) is 2.68. The van der Waals surface area contributed by atoms with E-state index in [4.69, 9.17) is 14.2 Å². The van der Waals surface area contributed by atoms with Crippen LogP contribution >= 0.6 is 0 Å². The molecule has 30 heavy (non-hydrogen) atoms. The number of esters is 3.